The Balaban J connectivity index is 1.62. The second-order valence-corrected chi connectivity index (χ2v) is 6.53. The molecule has 0 saturated carbocycles. The molecule has 0 aliphatic heterocycles. The number of H-pyrrole nitrogens is 1. The molecule has 0 aliphatic carbocycles. The highest BCUT2D eigenvalue weighted by molar-refractivity contribution is 7.10. The first kappa shape index (κ1) is 16.5. The van der Waals surface area contributed by atoms with Crippen molar-refractivity contribution >= 4 is 34.2 Å². The fourth-order valence-corrected chi connectivity index (χ4v) is 3.34. The summed E-state index contributed by atoms with van der Waals surface area (Å²) in [6.45, 7) is 2.49. The number of rotatable bonds is 6. The number of hydrogen-bond donors (Lipinski definition) is 2. The number of aromatic nitrogens is 1. The highest BCUT2D eigenvalue weighted by Gasteiger charge is 2.09. The molecule has 2 N–H and O–H groups in total. The van der Waals surface area contributed by atoms with Gasteiger partial charge < -0.3 is 10.3 Å². The molecule has 2 aromatic heterocycles. The van der Waals surface area contributed by atoms with Crippen LogP contribution < -0.4 is 5.32 Å². The minimum Gasteiger partial charge on any atom is -0.361 e. The van der Waals surface area contributed by atoms with Gasteiger partial charge in [0.2, 0.25) is 5.91 Å². The average molecular weight is 342 g/mol. The van der Waals surface area contributed by atoms with Gasteiger partial charge in [0.1, 0.15) is 5.82 Å². The Labute approximate surface area is 144 Å². The Bertz CT molecular complexity index is 865. The van der Waals surface area contributed by atoms with E-state index in [0.29, 0.717) is 19.4 Å². The first-order valence-electron chi connectivity index (χ1n) is 7.95. The number of hydrogen-bond acceptors (Lipinski definition) is 2. The first-order valence-corrected chi connectivity index (χ1v) is 8.83. The highest BCUT2D eigenvalue weighted by atomic mass is 32.1. The van der Waals surface area contributed by atoms with Gasteiger partial charge >= 0.3 is 0 Å². The fourth-order valence-electron chi connectivity index (χ4n) is 2.65. The molecule has 0 radical (unpaired) electrons. The summed E-state index contributed by atoms with van der Waals surface area (Å²) < 4.78 is 13.4. The number of thiophene rings is 1. The van der Waals surface area contributed by atoms with E-state index in [2.05, 4.69) is 10.3 Å². The van der Waals surface area contributed by atoms with Crippen molar-refractivity contribution in [3.63, 3.8) is 0 Å². The molecule has 0 aliphatic rings. The molecule has 2 heterocycles. The summed E-state index contributed by atoms with van der Waals surface area (Å²) >= 11 is 1.61. The standard InChI is InChI=1S/C19H19FN2OS/c1-2-13(10-16-4-3-9-24-16)19(23)21-8-7-14-12-22-18-6-5-15(20)11-17(14)18/h3-6,9-12,22H,2,7-8H2,1H3,(H,21,23). The van der Waals surface area contributed by atoms with Gasteiger partial charge in [0.05, 0.1) is 0 Å². The normalized spacial score (nSPS) is 11.8. The van der Waals surface area contributed by atoms with Crippen LogP contribution in [0.25, 0.3) is 17.0 Å². The van der Waals surface area contributed by atoms with Crippen LogP contribution in [0.15, 0.2) is 47.5 Å². The summed E-state index contributed by atoms with van der Waals surface area (Å²) in [6.07, 6.45) is 5.15. The van der Waals surface area contributed by atoms with Crippen LogP contribution in [-0.4, -0.2) is 17.4 Å². The molecule has 3 nitrogen and oxygen atoms in total. The van der Waals surface area contributed by atoms with Gasteiger partial charge in [-0.25, -0.2) is 4.39 Å². The molecule has 0 fully saturated rings. The van der Waals surface area contributed by atoms with Crippen LogP contribution in [-0.2, 0) is 11.2 Å². The van der Waals surface area contributed by atoms with Crippen LogP contribution in [0.4, 0.5) is 4.39 Å². The van der Waals surface area contributed by atoms with Gasteiger partial charge in [-0.2, -0.15) is 0 Å². The van der Waals surface area contributed by atoms with E-state index in [0.717, 1.165) is 26.9 Å². The van der Waals surface area contributed by atoms with Crippen molar-refractivity contribution in [1.29, 1.82) is 0 Å². The largest absolute Gasteiger partial charge is 0.361 e. The van der Waals surface area contributed by atoms with Crippen molar-refractivity contribution in [2.24, 2.45) is 0 Å². The lowest BCUT2D eigenvalue weighted by atomic mass is 10.1. The van der Waals surface area contributed by atoms with Crippen LogP contribution in [0.5, 0.6) is 0 Å². The van der Waals surface area contributed by atoms with Crippen molar-refractivity contribution in [3.8, 4) is 0 Å². The molecule has 0 unspecified atom stereocenters. The summed E-state index contributed by atoms with van der Waals surface area (Å²) in [6, 6.07) is 8.65. The molecule has 3 rings (SSSR count). The molecule has 1 amide bonds. The number of aromatic amines is 1. The number of halogens is 1. The van der Waals surface area contributed by atoms with Crippen LogP contribution in [0.1, 0.15) is 23.8 Å². The molecule has 0 atom stereocenters. The van der Waals surface area contributed by atoms with Crippen molar-refractivity contribution < 1.29 is 9.18 Å². The van der Waals surface area contributed by atoms with Crippen molar-refractivity contribution in [2.45, 2.75) is 19.8 Å². The van der Waals surface area contributed by atoms with E-state index < -0.39 is 0 Å². The number of nitrogens with one attached hydrogen (secondary N) is 2. The third-order valence-electron chi connectivity index (χ3n) is 3.94. The van der Waals surface area contributed by atoms with Gasteiger partial charge in [-0.1, -0.05) is 13.0 Å². The quantitative estimate of drug-likeness (QED) is 0.636. The molecule has 1 aromatic carbocycles. The topological polar surface area (TPSA) is 44.9 Å². The van der Waals surface area contributed by atoms with E-state index in [1.54, 1.807) is 17.4 Å². The Hall–Kier alpha value is -2.40. The minimum atomic E-state index is -0.250. The van der Waals surface area contributed by atoms with Gasteiger partial charge in [-0.3, -0.25) is 4.79 Å². The van der Waals surface area contributed by atoms with Gasteiger partial charge in [-0.05, 0) is 54.1 Å². The van der Waals surface area contributed by atoms with Gasteiger partial charge in [0.15, 0.2) is 0 Å². The zero-order valence-corrected chi connectivity index (χ0v) is 14.3. The molecule has 0 bridgehead atoms. The van der Waals surface area contributed by atoms with Gasteiger partial charge in [0, 0.05) is 34.1 Å². The second kappa shape index (κ2) is 7.45. The minimum absolute atomic E-state index is 0.0445. The van der Waals surface area contributed by atoms with Crippen molar-refractivity contribution in [1.82, 2.24) is 10.3 Å². The Morgan fingerprint density at radius 1 is 1.38 bits per heavy atom. The van der Waals surface area contributed by atoms with E-state index in [4.69, 9.17) is 0 Å². The predicted octanol–water partition coefficient (Wildman–Crippen LogP) is 4.52. The second-order valence-electron chi connectivity index (χ2n) is 5.55. The SMILES string of the molecule is CCC(=Cc1cccs1)C(=O)NCCc1c[nH]c2ccc(F)cc12. The monoisotopic (exact) mass is 342 g/mol. The molecular weight excluding hydrogens is 323 g/mol. The third-order valence-corrected chi connectivity index (χ3v) is 4.76. The van der Waals surface area contributed by atoms with Crippen LogP contribution in [0.2, 0.25) is 0 Å². The Morgan fingerprint density at radius 3 is 3.00 bits per heavy atom. The maximum atomic E-state index is 13.4. The van der Waals surface area contributed by atoms with Crippen LogP contribution in [0, 0.1) is 5.82 Å². The highest BCUT2D eigenvalue weighted by Crippen LogP contribution is 2.20. The zero-order chi connectivity index (χ0) is 16.9. The van der Waals surface area contributed by atoms with Gasteiger partial charge in [0.25, 0.3) is 0 Å². The van der Waals surface area contributed by atoms with Crippen molar-refractivity contribution in [3.05, 3.63) is 63.7 Å². The molecule has 3 aromatic rings. The molecule has 5 heteroatoms. The lowest BCUT2D eigenvalue weighted by Crippen LogP contribution is -2.26. The number of carbonyl (C=O) groups excluding carboxylic acids is 1. The van der Waals surface area contributed by atoms with E-state index in [-0.39, 0.29) is 11.7 Å². The van der Waals surface area contributed by atoms with E-state index >= 15 is 0 Å². The Kier molecular flexibility index (Phi) is 5.11. The molecule has 24 heavy (non-hydrogen) atoms. The van der Waals surface area contributed by atoms with E-state index in [1.807, 2.05) is 36.7 Å². The van der Waals surface area contributed by atoms with E-state index in [1.165, 1.54) is 12.1 Å². The van der Waals surface area contributed by atoms with Crippen LogP contribution >= 0.6 is 11.3 Å². The third kappa shape index (κ3) is 3.74. The number of benzene rings is 1. The number of fused-ring (bicyclic) bond motifs is 1. The van der Waals surface area contributed by atoms with Gasteiger partial charge in [-0.15, -0.1) is 11.3 Å². The number of carbonyl (C=O) groups is 1. The summed E-state index contributed by atoms with van der Waals surface area (Å²) in [4.78, 5) is 16.5. The molecule has 124 valence electrons. The lowest BCUT2D eigenvalue weighted by Gasteiger charge is -2.07. The zero-order valence-electron chi connectivity index (χ0n) is 13.4. The maximum Gasteiger partial charge on any atom is 0.247 e. The lowest BCUT2D eigenvalue weighted by molar-refractivity contribution is -0.117. The Morgan fingerprint density at radius 2 is 2.25 bits per heavy atom. The number of amides is 1. The average Bonchev–Trinajstić information content (AvgIpc) is 3.22. The van der Waals surface area contributed by atoms with Crippen LogP contribution in [0.3, 0.4) is 0 Å². The fraction of sp³-hybridized carbons (Fsp3) is 0.211. The summed E-state index contributed by atoms with van der Waals surface area (Å²) in [5.41, 5.74) is 2.68. The van der Waals surface area contributed by atoms with Crippen molar-refractivity contribution in [2.75, 3.05) is 6.54 Å². The first-order chi connectivity index (χ1) is 11.7. The summed E-state index contributed by atoms with van der Waals surface area (Å²) in [7, 11) is 0. The maximum absolute atomic E-state index is 13.4. The predicted molar refractivity (Wildman–Crippen MR) is 97.6 cm³/mol. The summed E-state index contributed by atoms with van der Waals surface area (Å²) in [5.74, 6) is -0.295. The molecular formula is C19H19FN2OS. The summed E-state index contributed by atoms with van der Waals surface area (Å²) in [5, 5.41) is 5.82. The molecule has 0 spiro atoms. The molecule has 0 saturated heterocycles. The smallest absolute Gasteiger partial charge is 0.247 e. The van der Waals surface area contributed by atoms with E-state index in [9.17, 15) is 9.18 Å².